The van der Waals surface area contributed by atoms with Gasteiger partial charge >= 0.3 is 0 Å². The zero-order chi connectivity index (χ0) is 13.0. The van der Waals surface area contributed by atoms with Crippen molar-refractivity contribution in [2.75, 3.05) is 18.9 Å². The summed E-state index contributed by atoms with van der Waals surface area (Å²) in [5, 5.41) is 8.46. The van der Waals surface area contributed by atoms with Gasteiger partial charge < -0.3 is 16.0 Å². The Morgan fingerprint density at radius 3 is 3.00 bits per heavy atom. The average molecular weight is 247 g/mol. The van der Waals surface area contributed by atoms with Crippen LogP contribution in [0.1, 0.15) is 17.5 Å². The van der Waals surface area contributed by atoms with Crippen LogP contribution in [0.3, 0.4) is 0 Å². The molecule has 0 fully saturated rings. The van der Waals surface area contributed by atoms with Gasteiger partial charge in [0.05, 0.1) is 6.54 Å². The summed E-state index contributed by atoms with van der Waals surface area (Å²) in [6.45, 7) is 0.836. The molecule has 96 valence electrons. The number of nitrogens with one attached hydrogen (secondary N) is 3. The first-order chi connectivity index (χ1) is 8.69. The first-order valence-corrected chi connectivity index (χ1v) is 6.02. The maximum atomic E-state index is 11.3. The van der Waals surface area contributed by atoms with Crippen LogP contribution in [-0.4, -0.2) is 25.4 Å². The van der Waals surface area contributed by atoms with Crippen molar-refractivity contribution in [1.29, 1.82) is 0 Å². The van der Waals surface area contributed by atoms with E-state index >= 15 is 0 Å². The lowest BCUT2D eigenvalue weighted by Gasteiger charge is -2.17. The number of carbonyl (C=O) groups excluding carboxylic acids is 2. The van der Waals surface area contributed by atoms with Crippen molar-refractivity contribution < 1.29 is 9.59 Å². The summed E-state index contributed by atoms with van der Waals surface area (Å²) in [6.07, 6.45) is 1.29. The van der Waals surface area contributed by atoms with E-state index in [1.54, 1.807) is 7.05 Å². The van der Waals surface area contributed by atoms with Gasteiger partial charge in [0.1, 0.15) is 0 Å². The Morgan fingerprint density at radius 1 is 1.39 bits per heavy atom. The van der Waals surface area contributed by atoms with E-state index in [0.29, 0.717) is 19.5 Å². The molecule has 0 aliphatic carbocycles. The van der Waals surface area contributed by atoms with Crippen molar-refractivity contribution in [3.63, 3.8) is 0 Å². The molecule has 0 saturated carbocycles. The summed E-state index contributed by atoms with van der Waals surface area (Å²) in [5.74, 6) is 0.0427. The number of aryl methyl sites for hydroxylation is 1. The Hall–Kier alpha value is -1.88. The van der Waals surface area contributed by atoms with Crippen LogP contribution in [0.15, 0.2) is 18.2 Å². The third-order valence-electron chi connectivity index (χ3n) is 2.89. The Labute approximate surface area is 106 Å². The predicted molar refractivity (Wildman–Crippen MR) is 69.2 cm³/mol. The van der Waals surface area contributed by atoms with Crippen LogP contribution in [0, 0.1) is 0 Å². The molecule has 0 spiro atoms. The van der Waals surface area contributed by atoms with Crippen LogP contribution in [-0.2, 0) is 22.6 Å². The van der Waals surface area contributed by atoms with Gasteiger partial charge in [0.15, 0.2) is 0 Å². The van der Waals surface area contributed by atoms with E-state index in [2.05, 4.69) is 16.0 Å². The molecule has 0 aromatic heterocycles. The molecule has 1 aliphatic heterocycles. The monoisotopic (exact) mass is 247 g/mol. The van der Waals surface area contributed by atoms with E-state index in [1.165, 1.54) is 0 Å². The number of fused-ring (bicyclic) bond motifs is 1. The molecule has 2 amide bonds. The summed E-state index contributed by atoms with van der Waals surface area (Å²) in [5.41, 5.74) is 3.07. The zero-order valence-electron chi connectivity index (χ0n) is 10.4. The van der Waals surface area contributed by atoms with E-state index in [4.69, 9.17) is 0 Å². The minimum Gasteiger partial charge on any atom is -0.351 e. The number of likely N-dealkylation sites (N-methyl/N-ethyl adjacent to an activating group) is 1. The van der Waals surface area contributed by atoms with Crippen molar-refractivity contribution in [3.05, 3.63) is 29.3 Å². The highest BCUT2D eigenvalue weighted by atomic mass is 16.2. The van der Waals surface area contributed by atoms with Crippen LogP contribution >= 0.6 is 0 Å². The highest BCUT2D eigenvalue weighted by molar-refractivity contribution is 5.93. The summed E-state index contributed by atoms with van der Waals surface area (Å²) >= 11 is 0. The summed E-state index contributed by atoms with van der Waals surface area (Å²) in [7, 11) is 1.74. The van der Waals surface area contributed by atoms with Gasteiger partial charge in [-0.15, -0.1) is 0 Å². The molecule has 5 nitrogen and oxygen atoms in total. The molecule has 18 heavy (non-hydrogen) atoms. The van der Waals surface area contributed by atoms with Crippen molar-refractivity contribution in [1.82, 2.24) is 10.6 Å². The molecule has 5 heteroatoms. The lowest BCUT2D eigenvalue weighted by molar-refractivity contribution is -0.120. The van der Waals surface area contributed by atoms with Gasteiger partial charge in [-0.25, -0.2) is 0 Å². The topological polar surface area (TPSA) is 70.2 Å². The van der Waals surface area contributed by atoms with Gasteiger partial charge in [-0.1, -0.05) is 12.1 Å². The second-order valence-electron chi connectivity index (χ2n) is 4.35. The van der Waals surface area contributed by atoms with Crippen molar-refractivity contribution in [3.8, 4) is 0 Å². The molecule has 0 saturated heterocycles. The minimum atomic E-state index is -0.0245. The SMILES string of the molecule is CNCC(=O)NCc1ccc2c(c1)CCC(=O)N2. The number of anilines is 1. The van der Waals surface area contributed by atoms with Crippen LogP contribution in [0.4, 0.5) is 5.69 Å². The normalized spacial score (nSPS) is 13.7. The lowest BCUT2D eigenvalue weighted by atomic mass is 10.0. The van der Waals surface area contributed by atoms with Gasteiger partial charge in [-0.2, -0.15) is 0 Å². The van der Waals surface area contributed by atoms with Crippen LogP contribution < -0.4 is 16.0 Å². The van der Waals surface area contributed by atoms with E-state index in [-0.39, 0.29) is 11.8 Å². The summed E-state index contributed by atoms with van der Waals surface area (Å²) in [6, 6.07) is 5.85. The van der Waals surface area contributed by atoms with E-state index in [0.717, 1.165) is 23.2 Å². The maximum absolute atomic E-state index is 11.3. The van der Waals surface area contributed by atoms with Gasteiger partial charge in [0.25, 0.3) is 0 Å². The first-order valence-electron chi connectivity index (χ1n) is 6.02. The lowest BCUT2D eigenvalue weighted by Crippen LogP contribution is -2.31. The van der Waals surface area contributed by atoms with Crippen molar-refractivity contribution >= 4 is 17.5 Å². The predicted octanol–water partition coefficient (Wildman–Crippen LogP) is 0.407. The molecular formula is C13H17N3O2. The third-order valence-corrected chi connectivity index (χ3v) is 2.89. The number of benzene rings is 1. The molecule has 1 aromatic carbocycles. The molecule has 0 atom stereocenters. The number of hydrogen-bond donors (Lipinski definition) is 3. The fourth-order valence-electron chi connectivity index (χ4n) is 1.97. The summed E-state index contributed by atoms with van der Waals surface area (Å²) in [4.78, 5) is 22.5. The van der Waals surface area contributed by atoms with Gasteiger partial charge in [-0.3, -0.25) is 9.59 Å². The van der Waals surface area contributed by atoms with Gasteiger partial charge in [-0.05, 0) is 30.7 Å². The molecule has 0 radical (unpaired) electrons. The Kier molecular flexibility index (Phi) is 3.94. The van der Waals surface area contributed by atoms with Crippen LogP contribution in [0.5, 0.6) is 0 Å². The van der Waals surface area contributed by atoms with Crippen LogP contribution in [0.25, 0.3) is 0 Å². The van der Waals surface area contributed by atoms with Gasteiger partial charge in [0, 0.05) is 18.7 Å². The third kappa shape index (κ3) is 3.07. The van der Waals surface area contributed by atoms with E-state index < -0.39 is 0 Å². The fraction of sp³-hybridized carbons (Fsp3) is 0.385. The number of carbonyl (C=O) groups is 2. The fourth-order valence-corrected chi connectivity index (χ4v) is 1.97. The largest absolute Gasteiger partial charge is 0.351 e. The van der Waals surface area contributed by atoms with Crippen molar-refractivity contribution in [2.45, 2.75) is 19.4 Å². The zero-order valence-corrected chi connectivity index (χ0v) is 10.4. The Bertz CT molecular complexity index is 471. The molecule has 0 unspecified atom stereocenters. The van der Waals surface area contributed by atoms with E-state index in [9.17, 15) is 9.59 Å². The van der Waals surface area contributed by atoms with E-state index in [1.807, 2.05) is 18.2 Å². The summed E-state index contributed by atoms with van der Waals surface area (Å²) < 4.78 is 0. The average Bonchev–Trinajstić information content (AvgIpc) is 2.36. The minimum absolute atomic E-state index is 0.0245. The molecule has 0 bridgehead atoms. The first kappa shape index (κ1) is 12.6. The second kappa shape index (κ2) is 5.64. The van der Waals surface area contributed by atoms with Gasteiger partial charge in [0.2, 0.25) is 11.8 Å². The maximum Gasteiger partial charge on any atom is 0.234 e. The quantitative estimate of drug-likeness (QED) is 0.721. The molecule has 3 N–H and O–H groups in total. The molecular weight excluding hydrogens is 230 g/mol. The smallest absolute Gasteiger partial charge is 0.234 e. The number of amides is 2. The molecule has 1 aromatic rings. The highest BCUT2D eigenvalue weighted by Crippen LogP contribution is 2.23. The van der Waals surface area contributed by atoms with Crippen LogP contribution in [0.2, 0.25) is 0 Å². The number of rotatable bonds is 4. The van der Waals surface area contributed by atoms with Crippen molar-refractivity contribution in [2.24, 2.45) is 0 Å². The Morgan fingerprint density at radius 2 is 2.22 bits per heavy atom. The molecule has 1 heterocycles. The Balaban J connectivity index is 1.99. The molecule has 1 aliphatic rings. The molecule has 2 rings (SSSR count). The number of hydrogen-bond acceptors (Lipinski definition) is 3. The highest BCUT2D eigenvalue weighted by Gasteiger charge is 2.14. The standard InChI is InChI=1S/C13H17N3O2/c1-14-8-13(18)15-7-9-2-4-11-10(6-9)3-5-12(17)16-11/h2,4,6,14H,3,5,7-8H2,1H3,(H,15,18)(H,16,17). The second-order valence-corrected chi connectivity index (χ2v) is 4.35.